The van der Waals surface area contributed by atoms with Crippen molar-refractivity contribution in [2.24, 2.45) is 0 Å². The van der Waals surface area contributed by atoms with Crippen LogP contribution in [0.2, 0.25) is 0 Å². The lowest BCUT2D eigenvalue weighted by Gasteiger charge is -2.43. The molecule has 3 aliphatic rings. The van der Waals surface area contributed by atoms with Crippen molar-refractivity contribution in [2.45, 2.75) is 70.9 Å². The number of hydrogen-bond donors (Lipinski definition) is 3. The number of hydrogen-bond acceptors (Lipinski definition) is 14. The molecule has 0 bridgehead atoms. The number of carbonyl (C=O) groups is 3. The van der Waals surface area contributed by atoms with E-state index in [4.69, 9.17) is 19.4 Å². The number of amides is 3. The van der Waals surface area contributed by atoms with E-state index in [2.05, 4.69) is 77.5 Å². The van der Waals surface area contributed by atoms with Crippen molar-refractivity contribution < 1.29 is 28.4 Å². The van der Waals surface area contributed by atoms with Crippen molar-refractivity contribution >= 4 is 92.0 Å². The van der Waals surface area contributed by atoms with Gasteiger partial charge in [-0.05, 0) is 109 Å². The van der Waals surface area contributed by atoms with E-state index in [9.17, 15) is 18.9 Å². The highest BCUT2D eigenvalue weighted by Gasteiger charge is 2.34. The van der Waals surface area contributed by atoms with E-state index >= 15 is 0 Å². The first-order valence-electron chi connectivity index (χ1n) is 23.5. The monoisotopic (exact) mass is 1010 g/mol. The van der Waals surface area contributed by atoms with E-state index in [1.54, 1.807) is 39.8 Å². The number of para-hydroxylation sites is 1. The maximum Gasteiger partial charge on any atom is 0.249 e. The van der Waals surface area contributed by atoms with E-state index in [0.29, 0.717) is 51.6 Å². The van der Waals surface area contributed by atoms with Gasteiger partial charge in [-0.3, -0.25) is 34.5 Å². The van der Waals surface area contributed by atoms with Crippen molar-refractivity contribution in [3.63, 3.8) is 0 Å². The average molecular weight is 1010 g/mol. The van der Waals surface area contributed by atoms with Gasteiger partial charge in [-0.1, -0.05) is 32.0 Å². The number of carbonyl (C=O) groups excluding carboxylic acids is 3. The Morgan fingerprint density at radius 2 is 1.68 bits per heavy atom. The molecule has 3 saturated heterocycles. The number of halogens is 1. The number of piperazine rings is 1. The molecule has 3 fully saturated rings. The number of nitrogens with zero attached hydrogens (tertiary/aromatic N) is 7. The highest BCUT2D eigenvalue weighted by Crippen LogP contribution is 2.43. The lowest BCUT2D eigenvalue weighted by molar-refractivity contribution is -0.134. The van der Waals surface area contributed by atoms with Crippen molar-refractivity contribution in [2.75, 3.05) is 93.8 Å². The predicted octanol–water partition coefficient (Wildman–Crippen LogP) is 7.26. The summed E-state index contributed by atoms with van der Waals surface area (Å²) in [6, 6.07) is 17.6. The van der Waals surface area contributed by atoms with Crippen LogP contribution < -0.4 is 40.5 Å². The second kappa shape index (κ2) is 21.4. The summed E-state index contributed by atoms with van der Waals surface area (Å²) in [4.78, 5) is 59.9. The van der Waals surface area contributed by atoms with Crippen molar-refractivity contribution in [1.29, 1.82) is 0 Å². The van der Waals surface area contributed by atoms with E-state index in [1.165, 1.54) is 16.2 Å². The Balaban J connectivity index is 0.878. The van der Waals surface area contributed by atoms with Gasteiger partial charge >= 0.3 is 0 Å². The zero-order valence-electron chi connectivity index (χ0n) is 39.8. The number of aryl methyl sites for hydroxylation is 2. The first kappa shape index (κ1) is 48.8. The quantitative estimate of drug-likeness (QED) is 0.0482. The minimum absolute atomic E-state index is 0.181. The van der Waals surface area contributed by atoms with Crippen LogP contribution in [-0.2, 0) is 38.2 Å². The Bertz CT molecular complexity index is 2720. The van der Waals surface area contributed by atoms with E-state index < -0.39 is 19.1 Å². The Labute approximate surface area is 407 Å². The minimum atomic E-state index is -2.74. The molecule has 3 aliphatic heterocycles. The Hall–Kier alpha value is -5.61. The Morgan fingerprint density at radius 3 is 2.35 bits per heavy atom. The van der Waals surface area contributed by atoms with Gasteiger partial charge in [0.1, 0.15) is 30.5 Å². The highest BCUT2D eigenvalue weighted by molar-refractivity contribution is 9.10. The molecule has 1 atom stereocenters. The zero-order chi connectivity index (χ0) is 48.1. The summed E-state index contributed by atoms with van der Waals surface area (Å²) in [6.45, 7) is 14.5. The number of rotatable bonds is 17. The fourth-order valence-electron chi connectivity index (χ4n) is 9.89. The van der Waals surface area contributed by atoms with Gasteiger partial charge in [0.05, 0.1) is 41.3 Å². The molecule has 1 unspecified atom stereocenters. The number of benzene rings is 3. The molecule has 8 rings (SSSR count). The highest BCUT2D eigenvalue weighted by atomic mass is 79.9. The number of ether oxygens (including phenoxy) is 2. The molecular formula is C50H62BrN10O6P. The van der Waals surface area contributed by atoms with Gasteiger partial charge in [0, 0.05) is 92.6 Å². The minimum Gasteiger partial charge on any atom is -0.494 e. The molecule has 5 aromatic rings. The van der Waals surface area contributed by atoms with Crippen LogP contribution in [-0.4, -0.2) is 128 Å². The summed E-state index contributed by atoms with van der Waals surface area (Å²) in [5.41, 5.74) is 7.16. The number of imide groups is 1. The van der Waals surface area contributed by atoms with Gasteiger partial charge < -0.3 is 34.5 Å². The molecule has 0 saturated carbocycles. The van der Waals surface area contributed by atoms with Crippen LogP contribution in [0.5, 0.6) is 11.5 Å². The van der Waals surface area contributed by atoms with Crippen LogP contribution in [0, 0.1) is 0 Å². The van der Waals surface area contributed by atoms with Gasteiger partial charge in [-0.2, -0.15) is 4.98 Å². The van der Waals surface area contributed by atoms with Gasteiger partial charge in [-0.25, -0.2) is 4.98 Å². The first-order chi connectivity index (χ1) is 32.8. The molecule has 3 aromatic carbocycles. The second-order valence-corrected chi connectivity index (χ2v) is 22.0. The average Bonchev–Trinajstić information content (AvgIpc) is 3.34. The molecule has 0 aliphatic carbocycles. The SMILES string of the molecule is CCc1ccc2c(P(C)(C)=O)c(Nc3nc(Nc4cc(CC)c(N5CCC(N6CCN(CCc7cccc(N(C=O)C8CCC(=O)NC8=O)c7OC)CC6)CC5)cc4OC)ncc3Br)ccc2n1. The number of methoxy groups -OCH3 is 2. The fraction of sp³-hybridized carbons (Fsp3) is 0.440. The molecule has 3 amide bonds. The topological polar surface area (TPSA) is 174 Å². The number of nitrogens with one attached hydrogen (secondary N) is 3. The molecule has 360 valence electrons. The van der Waals surface area contributed by atoms with Gasteiger partial charge in [0.25, 0.3) is 0 Å². The number of anilines is 6. The maximum absolute atomic E-state index is 13.7. The summed E-state index contributed by atoms with van der Waals surface area (Å²) >= 11 is 3.63. The van der Waals surface area contributed by atoms with E-state index in [0.717, 1.165) is 111 Å². The smallest absolute Gasteiger partial charge is 0.249 e. The molecule has 5 heterocycles. The standard InChI is InChI=1S/C50H62BrN10O6P/c1-7-32-28-40(55-50-52-30-37(51)48(57-50)54-39-15-14-38-36(47(39)68(5,6)65)13-12-34(8-2)53-38)44(66-3)29-43(32)60-22-19-35(20-23-60)59-26-24-58(25-27-59)21-18-33-10-9-11-41(46(33)67-4)61(31-62)42-16-17-45(63)56-49(42)64/h9-15,28-31,35,42H,7-8,16-27H2,1-6H3,(H,56,63,64)(H2,52,54,55,57). The third kappa shape index (κ3) is 10.7. The van der Waals surface area contributed by atoms with Crippen molar-refractivity contribution in [1.82, 2.24) is 30.1 Å². The second-order valence-electron chi connectivity index (χ2n) is 18.0. The predicted molar refractivity (Wildman–Crippen MR) is 274 cm³/mol. The van der Waals surface area contributed by atoms with Crippen LogP contribution in [0.15, 0.2) is 65.3 Å². The summed E-state index contributed by atoms with van der Waals surface area (Å²) in [7, 11) is 0.527. The molecule has 16 nitrogen and oxygen atoms in total. The number of fused-ring (bicyclic) bond motifs is 1. The fourth-order valence-corrected chi connectivity index (χ4v) is 11.7. The van der Waals surface area contributed by atoms with Crippen LogP contribution in [0.25, 0.3) is 10.9 Å². The lowest BCUT2D eigenvalue weighted by atomic mass is 9.99. The van der Waals surface area contributed by atoms with Crippen LogP contribution in [0.4, 0.5) is 34.5 Å². The summed E-state index contributed by atoms with van der Waals surface area (Å²) in [5.74, 6) is 1.40. The number of pyridine rings is 1. The summed E-state index contributed by atoms with van der Waals surface area (Å²) < 4.78 is 26.2. The van der Waals surface area contributed by atoms with Crippen LogP contribution in [0.1, 0.15) is 56.4 Å². The number of aromatic nitrogens is 3. The third-order valence-electron chi connectivity index (χ3n) is 13.5. The largest absolute Gasteiger partial charge is 0.494 e. The Morgan fingerprint density at radius 1 is 0.897 bits per heavy atom. The van der Waals surface area contributed by atoms with Crippen molar-refractivity contribution in [3.8, 4) is 11.5 Å². The molecule has 68 heavy (non-hydrogen) atoms. The van der Waals surface area contributed by atoms with Crippen LogP contribution >= 0.6 is 23.1 Å². The Kier molecular flexibility index (Phi) is 15.3. The molecule has 0 spiro atoms. The molecule has 18 heteroatoms. The van der Waals surface area contributed by atoms with Gasteiger partial charge in [-0.15, -0.1) is 0 Å². The maximum atomic E-state index is 13.7. The van der Waals surface area contributed by atoms with Gasteiger partial charge in [0.15, 0.2) is 0 Å². The zero-order valence-corrected chi connectivity index (χ0v) is 42.3. The van der Waals surface area contributed by atoms with E-state index in [1.807, 2.05) is 36.4 Å². The van der Waals surface area contributed by atoms with Crippen molar-refractivity contribution in [3.05, 3.63) is 82.1 Å². The lowest BCUT2D eigenvalue weighted by Crippen LogP contribution is -2.53. The van der Waals surface area contributed by atoms with E-state index in [-0.39, 0.29) is 18.7 Å². The first-order valence-corrected chi connectivity index (χ1v) is 26.9. The summed E-state index contributed by atoms with van der Waals surface area (Å²) in [5, 5.41) is 10.8. The van der Waals surface area contributed by atoms with Crippen LogP contribution in [0.3, 0.4) is 0 Å². The normalized spacial score (nSPS) is 17.5. The summed E-state index contributed by atoms with van der Waals surface area (Å²) in [6.07, 6.45) is 7.33. The molecule has 2 aromatic heterocycles. The number of piperidine rings is 2. The molecule has 0 radical (unpaired) electrons. The third-order valence-corrected chi connectivity index (χ3v) is 15.6. The van der Waals surface area contributed by atoms with Gasteiger partial charge in [0.2, 0.25) is 24.2 Å². The molecule has 3 N–H and O–H groups in total. The molecular weight excluding hydrogens is 947 g/mol.